The van der Waals surface area contributed by atoms with E-state index in [1.807, 2.05) is 0 Å². The maximum atomic E-state index is 12.3. The number of carbonyl (C=O) groups is 2. The van der Waals surface area contributed by atoms with Crippen LogP contribution in [-0.2, 0) is 11.2 Å². The van der Waals surface area contributed by atoms with Crippen LogP contribution in [-0.4, -0.2) is 23.0 Å². The van der Waals surface area contributed by atoms with Gasteiger partial charge in [0.05, 0.1) is 0 Å². The molecule has 1 atom stereocenters. The minimum Gasteiger partial charge on any atom is -0.480 e. The lowest BCUT2D eigenvalue weighted by molar-refractivity contribution is -0.139. The van der Waals surface area contributed by atoms with Crippen LogP contribution in [0.2, 0.25) is 5.02 Å². The molecule has 2 aromatic rings. The molecule has 4 nitrogen and oxygen atoms in total. The first-order chi connectivity index (χ1) is 10.9. The summed E-state index contributed by atoms with van der Waals surface area (Å²) < 4.78 is 1.44. The molecule has 0 bridgehead atoms. The largest absolute Gasteiger partial charge is 0.480 e. The maximum Gasteiger partial charge on any atom is 0.326 e. The van der Waals surface area contributed by atoms with Crippen molar-refractivity contribution in [3.63, 3.8) is 0 Å². The molecule has 23 heavy (non-hydrogen) atoms. The van der Waals surface area contributed by atoms with Crippen molar-refractivity contribution < 1.29 is 14.7 Å². The third-order valence-corrected chi connectivity index (χ3v) is 4.39. The Hall–Kier alpha value is -1.37. The molecule has 0 unspecified atom stereocenters. The molecule has 0 heterocycles. The highest BCUT2D eigenvalue weighted by Crippen LogP contribution is 2.21. The van der Waals surface area contributed by atoms with E-state index in [9.17, 15) is 14.7 Å². The Morgan fingerprint density at radius 2 is 1.74 bits per heavy atom. The van der Waals surface area contributed by atoms with Gasteiger partial charge in [0, 0.05) is 26.0 Å². The van der Waals surface area contributed by atoms with Crippen molar-refractivity contribution in [2.75, 3.05) is 0 Å². The van der Waals surface area contributed by atoms with Gasteiger partial charge in [-0.1, -0.05) is 61.7 Å². The average molecular weight is 462 g/mol. The number of halogens is 3. The SMILES string of the molecule is O=C(N[C@@H](Cc1ccccc1Cl)C(=O)O)c1cc(Br)cc(Br)c1. The fourth-order valence-electron chi connectivity index (χ4n) is 2.01. The van der Waals surface area contributed by atoms with Gasteiger partial charge in [0.1, 0.15) is 6.04 Å². The van der Waals surface area contributed by atoms with Crippen LogP contribution in [0.15, 0.2) is 51.4 Å². The van der Waals surface area contributed by atoms with Crippen LogP contribution in [0.4, 0.5) is 0 Å². The summed E-state index contributed by atoms with van der Waals surface area (Å²) in [6, 6.07) is 10.9. The predicted molar refractivity (Wildman–Crippen MR) is 95.9 cm³/mol. The summed E-state index contributed by atoms with van der Waals surface area (Å²) in [6.45, 7) is 0. The highest BCUT2D eigenvalue weighted by atomic mass is 79.9. The highest BCUT2D eigenvalue weighted by molar-refractivity contribution is 9.11. The van der Waals surface area contributed by atoms with Crippen molar-refractivity contribution in [1.29, 1.82) is 0 Å². The van der Waals surface area contributed by atoms with Crippen molar-refractivity contribution in [1.82, 2.24) is 5.32 Å². The van der Waals surface area contributed by atoms with Crippen LogP contribution >= 0.6 is 43.5 Å². The second kappa shape index (κ2) is 7.95. The van der Waals surface area contributed by atoms with E-state index in [2.05, 4.69) is 37.2 Å². The normalized spacial score (nSPS) is 11.8. The molecule has 2 aromatic carbocycles. The van der Waals surface area contributed by atoms with E-state index >= 15 is 0 Å². The lowest BCUT2D eigenvalue weighted by Gasteiger charge is -2.15. The second-order valence-electron chi connectivity index (χ2n) is 4.82. The van der Waals surface area contributed by atoms with E-state index in [1.165, 1.54) is 0 Å². The Labute approximate surface area is 155 Å². The van der Waals surface area contributed by atoms with Crippen LogP contribution in [0, 0.1) is 0 Å². The number of amides is 1. The molecule has 0 aliphatic carbocycles. The van der Waals surface area contributed by atoms with E-state index in [-0.39, 0.29) is 6.42 Å². The molecule has 2 rings (SSSR count). The average Bonchev–Trinajstić information content (AvgIpc) is 2.47. The molecule has 1 amide bonds. The molecule has 0 aromatic heterocycles. The van der Waals surface area contributed by atoms with E-state index < -0.39 is 17.9 Å². The van der Waals surface area contributed by atoms with Crippen molar-refractivity contribution in [2.45, 2.75) is 12.5 Å². The number of carboxylic acids is 1. The Balaban J connectivity index is 2.18. The first kappa shape index (κ1) is 18.0. The van der Waals surface area contributed by atoms with Crippen molar-refractivity contribution >= 4 is 55.3 Å². The van der Waals surface area contributed by atoms with Gasteiger partial charge < -0.3 is 10.4 Å². The van der Waals surface area contributed by atoms with Gasteiger partial charge in [-0.25, -0.2) is 4.79 Å². The Bertz CT molecular complexity index is 732. The number of nitrogens with one attached hydrogen (secondary N) is 1. The number of aliphatic carboxylic acids is 1. The third-order valence-electron chi connectivity index (χ3n) is 3.11. The van der Waals surface area contributed by atoms with Crippen molar-refractivity contribution in [3.8, 4) is 0 Å². The van der Waals surface area contributed by atoms with Crippen LogP contribution in [0.1, 0.15) is 15.9 Å². The summed E-state index contributed by atoms with van der Waals surface area (Å²) in [4.78, 5) is 23.7. The number of carboxylic acid groups (broad SMARTS) is 1. The summed E-state index contributed by atoms with van der Waals surface area (Å²) in [6.07, 6.45) is 0.107. The van der Waals surface area contributed by atoms with Gasteiger partial charge >= 0.3 is 5.97 Å². The lowest BCUT2D eigenvalue weighted by atomic mass is 10.1. The molecule has 120 valence electrons. The highest BCUT2D eigenvalue weighted by Gasteiger charge is 2.22. The Morgan fingerprint density at radius 3 is 2.30 bits per heavy atom. The number of carbonyl (C=O) groups excluding carboxylic acids is 1. The van der Waals surface area contributed by atoms with Crippen LogP contribution in [0.5, 0.6) is 0 Å². The Kier molecular flexibility index (Phi) is 6.21. The van der Waals surface area contributed by atoms with Gasteiger partial charge in [-0.2, -0.15) is 0 Å². The minimum absolute atomic E-state index is 0.107. The number of benzene rings is 2. The van der Waals surface area contributed by atoms with Gasteiger partial charge in [0.2, 0.25) is 0 Å². The summed E-state index contributed by atoms with van der Waals surface area (Å²) in [5.74, 6) is -1.58. The maximum absolute atomic E-state index is 12.3. The van der Waals surface area contributed by atoms with Crippen LogP contribution in [0.25, 0.3) is 0 Å². The zero-order valence-electron chi connectivity index (χ0n) is 11.7. The van der Waals surface area contributed by atoms with Crippen molar-refractivity contribution in [2.24, 2.45) is 0 Å². The zero-order valence-corrected chi connectivity index (χ0v) is 15.7. The fraction of sp³-hybridized carbons (Fsp3) is 0.125. The number of hydrogen-bond donors (Lipinski definition) is 2. The molecule has 0 saturated heterocycles. The molecule has 0 fully saturated rings. The molecule has 0 aliphatic rings. The van der Waals surface area contributed by atoms with E-state index in [0.717, 1.165) is 8.95 Å². The molecule has 2 N–H and O–H groups in total. The van der Waals surface area contributed by atoms with Gasteiger partial charge in [-0.05, 0) is 29.8 Å². The quantitative estimate of drug-likeness (QED) is 0.698. The third kappa shape index (κ3) is 5.06. The smallest absolute Gasteiger partial charge is 0.326 e. The van der Waals surface area contributed by atoms with Crippen LogP contribution < -0.4 is 5.32 Å². The molecule has 0 spiro atoms. The van der Waals surface area contributed by atoms with E-state index in [0.29, 0.717) is 16.1 Å². The fourth-order valence-corrected chi connectivity index (χ4v) is 3.52. The van der Waals surface area contributed by atoms with E-state index in [4.69, 9.17) is 11.6 Å². The minimum atomic E-state index is -1.12. The predicted octanol–water partition coefficient (Wildman–Crippen LogP) is 4.29. The lowest BCUT2D eigenvalue weighted by Crippen LogP contribution is -2.42. The summed E-state index contributed by atoms with van der Waals surface area (Å²) in [5.41, 5.74) is 1.02. The van der Waals surface area contributed by atoms with Gasteiger partial charge in [-0.3, -0.25) is 4.79 Å². The Morgan fingerprint density at radius 1 is 1.13 bits per heavy atom. The summed E-state index contributed by atoms with van der Waals surface area (Å²) >= 11 is 12.6. The monoisotopic (exact) mass is 459 g/mol. The second-order valence-corrected chi connectivity index (χ2v) is 7.06. The first-order valence-electron chi connectivity index (χ1n) is 6.60. The summed E-state index contributed by atoms with van der Waals surface area (Å²) in [5, 5.41) is 12.3. The van der Waals surface area contributed by atoms with E-state index in [1.54, 1.807) is 42.5 Å². The van der Waals surface area contributed by atoms with Gasteiger partial charge in [0.25, 0.3) is 5.91 Å². The van der Waals surface area contributed by atoms with Crippen LogP contribution in [0.3, 0.4) is 0 Å². The molecule has 0 radical (unpaired) electrons. The molecule has 0 aliphatic heterocycles. The van der Waals surface area contributed by atoms with Crippen molar-refractivity contribution in [3.05, 3.63) is 67.6 Å². The summed E-state index contributed by atoms with van der Waals surface area (Å²) in [7, 11) is 0. The van der Waals surface area contributed by atoms with Gasteiger partial charge in [-0.15, -0.1) is 0 Å². The topological polar surface area (TPSA) is 66.4 Å². The molecule has 0 saturated carbocycles. The molecular formula is C16H12Br2ClNO3. The number of rotatable bonds is 5. The zero-order chi connectivity index (χ0) is 17.0. The standard InChI is InChI=1S/C16H12Br2ClNO3/c17-11-5-10(6-12(18)8-11)15(21)20-14(16(22)23)7-9-3-1-2-4-13(9)19/h1-6,8,14H,7H2,(H,20,21)(H,22,23)/t14-/m0/s1. The first-order valence-corrected chi connectivity index (χ1v) is 8.56. The number of hydrogen-bond acceptors (Lipinski definition) is 2. The van der Waals surface area contributed by atoms with Gasteiger partial charge in [0.15, 0.2) is 0 Å². The molecular weight excluding hydrogens is 449 g/mol. The molecule has 7 heteroatoms.